The highest BCUT2D eigenvalue weighted by molar-refractivity contribution is 7.88. The lowest BCUT2D eigenvalue weighted by molar-refractivity contribution is -0.142. The first-order valence-electron chi connectivity index (χ1n) is 11.2. The number of halogens is 4. The Labute approximate surface area is 195 Å². The summed E-state index contributed by atoms with van der Waals surface area (Å²) in [6, 6.07) is 5.81. The molecule has 34 heavy (non-hydrogen) atoms. The smallest absolute Gasteiger partial charge is 0.226 e. The fourth-order valence-corrected chi connectivity index (χ4v) is 6.26. The highest BCUT2D eigenvalue weighted by Crippen LogP contribution is 2.51. The van der Waals surface area contributed by atoms with Gasteiger partial charge in [-0.2, -0.15) is 0 Å². The van der Waals surface area contributed by atoms with Crippen molar-refractivity contribution >= 4 is 15.9 Å². The van der Waals surface area contributed by atoms with E-state index in [0.717, 1.165) is 18.4 Å². The Bertz CT molecular complexity index is 1230. The molecule has 1 saturated heterocycles. The third-order valence-corrected chi connectivity index (χ3v) is 7.81. The molecule has 3 aliphatic rings. The van der Waals surface area contributed by atoms with Crippen LogP contribution in [-0.2, 0) is 21.2 Å². The Morgan fingerprint density at radius 3 is 2.38 bits per heavy atom. The molecule has 0 radical (unpaired) electrons. The van der Waals surface area contributed by atoms with Crippen molar-refractivity contribution in [3.8, 4) is 11.1 Å². The van der Waals surface area contributed by atoms with Crippen LogP contribution < -0.4 is 4.72 Å². The number of piperidine rings is 1. The van der Waals surface area contributed by atoms with Gasteiger partial charge in [0, 0.05) is 29.6 Å². The van der Waals surface area contributed by atoms with Gasteiger partial charge in [0.05, 0.1) is 12.3 Å². The molecule has 2 aromatic carbocycles. The number of hydrogen-bond donors (Lipinski definition) is 1. The zero-order valence-electron chi connectivity index (χ0n) is 18.3. The number of benzene rings is 2. The van der Waals surface area contributed by atoms with E-state index in [9.17, 15) is 26.4 Å². The SMILES string of the molecule is CS(=O)(=O)N[C@H]1[C@@H]2C[C@@H]2N(C(=O)C2CC(F)C2)[C@H]1Cc1cccc(-c2cc(F)cc(F)c2)c1F. The summed E-state index contributed by atoms with van der Waals surface area (Å²) in [4.78, 5) is 14.8. The number of fused-ring (bicyclic) bond motifs is 1. The van der Waals surface area contributed by atoms with Crippen molar-refractivity contribution in [2.45, 2.75) is 50.0 Å². The molecule has 182 valence electrons. The zero-order chi connectivity index (χ0) is 24.4. The Balaban J connectivity index is 1.48. The van der Waals surface area contributed by atoms with Gasteiger partial charge in [0.1, 0.15) is 23.6 Å². The zero-order valence-corrected chi connectivity index (χ0v) is 19.2. The van der Waals surface area contributed by atoms with E-state index in [1.807, 2.05) is 0 Å². The second-order valence-corrected chi connectivity index (χ2v) is 11.4. The second-order valence-electron chi connectivity index (χ2n) is 9.60. The maximum absolute atomic E-state index is 15.5. The summed E-state index contributed by atoms with van der Waals surface area (Å²) >= 11 is 0. The maximum atomic E-state index is 15.5. The van der Waals surface area contributed by atoms with Gasteiger partial charge in [-0.15, -0.1) is 0 Å². The average Bonchev–Trinajstić information content (AvgIpc) is 3.43. The van der Waals surface area contributed by atoms with E-state index in [1.54, 1.807) is 11.0 Å². The van der Waals surface area contributed by atoms with Crippen LogP contribution in [-0.4, -0.2) is 49.8 Å². The van der Waals surface area contributed by atoms with Crippen LogP contribution in [0.15, 0.2) is 36.4 Å². The van der Waals surface area contributed by atoms with Gasteiger partial charge in [-0.3, -0.25) is 4.79 Å². The number of hydrogen-bond acceptors (Lipinski definition) is 3. The van der Waals surface area contributed by atoms with Gasteiger partial charge in [0.15, 0.2) is 0 Å². The molecule has 4 atom stereocenters. The van der Waals surface area contributed by atoms with Gasteiger partial charge in [0.2, 0.25) is 15.9 Å². The van der Waals surface area contributed by atoms with Gasteiger partial charge in [-0.25, -0.2) is 30.7 Å². The maximum Gasteiger partial charge on any atom is 0.226 e. The molecule has 5 rings (SSSR count). The standard InChI is InChI=1S/C24H24F4N2O3S/c1-34(32,33)29-23-19-11-20(19)30(24(31)14-7-15(25)8-14)21(23)9-12-3-2-4-18(22(12)28)13-5-16(26)10-17(27)6-13/h2-6,10,14-15,19-21,23,29H,7-9,11H2,1H3/t14?,15?,19-,20+,21+,23+/m1/s1. The first-order valence-corrected chi connectivity index (χ1v) is 13.1. The Kier molecular flexibility index (Phi) is 5.71. The number of nitrogens with one attached hydrogen (secondary N) is 1. The molecule has 0 spiro atoms. The van der Waals surface area contributed by atoms with Crippen molar-refractivity contribution in [2.75, 3.05) is 6.26 Å². The third-order valence-electron chi connectivity index (χ3n) is 7.11. The number of sulfonamides is 1. The Hall–Kier alpha value is -2.46. The van der Waals surface area contributed by atoms with E-state index >= 15 is 4.39 Å². The lowest BCUT2D eigenvalue weighted by atomic mass is 9.82. The summed E-state index contributed by atoms with van der Waals surface area (Å²) in [5.41, 5.74) is 0.237. The third kappa shape index (κ3) is 4.33. The van der Waals surface area contributed by atoms with E-state index in [1.165, 1.54) is 12.1 Å². The van der Waals surface area contributed by atoms with Crippen LogP contribution in [0.3, 0.4) is 0 Å². The van der Waals surface area contributed by atoms with Crippen molar-refractivity contribution in [2.24, 2.45) is 11.8 Å². The minimum atomic E-state index is -3.60. The summed E-state index contributed by atoms with van der Waals surface area (Å²) in [7, 11) is -3.60. The molecule has 1 aliphatic heterocycles. The molecule has 10 heteroatoms. The van der Waals surface area contributed by atoms with E-state index < -0.39 is 51.6 Å². The Morgan fingerprint density at radius 1 is 1.09 bits per heavy atom. The lowest BCUT2D eigenvalue weighted by Gasteiger charge is -2.38. The highest BCUT2D eigenvalue weighted by atomic mass is 32.2. The predicted molar refractivity (Wildman–Crippen MR) is 117 cm³/mol. The normalized spacial score (nSPS) is 30.1. The molecule has 5 nitrogen and oxygen atoms in total. The molecule has 2 saturated carbocycles. The summed E-state index contributed by atoms with van der Waals surface area (Å²) < 4.78 is 83.0. The van der Waals surface area contributed by atoms with E-state index in [4.69, 9.17) is 0 Å². The van der Waals surface area contributed by atoms with Crippen molar-refractivity contribution in [3.63, 3.8) is 0 Å². The first kappa shape index (κ1) is 23.3. The number of rotatable bonds is 6. The largest absolute Gasteiger partial charge is 0.334 e. The molecule has 2 aromatic rings. The van der Waals surface area contributed by atoms with Crippen LogP contribution in [0.2, 0.25) is 0 Å². The molecule has 1 N–H and O–H groups in total. The predicted octanol–water partition coefficient (Wildman–Crippen LogP) is 3.58. The molecule has 1 heterocycles. The quantitative estimate of drug-likeness (QED) is 0.622. The van der Waals surface area contributed by atoms with Crippen molar-refractivity contribution in [1.29, 1.82) is 0 Å². The summed E-state index contributed by atoms with van der Waals surface area (Å²) in [5.74, 6) is -3.14. The molecule has 3 fully saturated rings. The van der Waals surface area contributed by atoms with Gasteiger partial charge in [-0.1, -0.05) is 18.2 Å². The molecule has 1 amide bonds. The first-order chi connectivity index (χ1) is 16.0. The molecular formula is C24H24F4N2O3S. The number of carbonyl (C=O) groups is 1. The Morgan fingerprint density at radius 2 is 1.76 bits per heavy atom. The van der Waals surface area contributed by atoms with Crippen LogP contribution in [0.4, 0.5) is 17.6 Å². The van der Waals surface area contributed by atoms with Crippen LogP contribution >= 0.6 is 0 Å². The summed E-state index contributed by atoms with van der Waals surface area (Å²) in [5, 5.41) is 0. The van der Waals surface area contributed by atoms with Crippen molar-refractivity contribution < 1.29 is 30.8 Å². The van der Waals surface area contributed by atoms with Gasteiger partial charge < -0.3 is 4.90 Å². The molecule has 2 aliphatic carbocycles. The number of alkyl halides is 1. The number of nitrogens with zero attached hydrogens (tertiary/aromatic N) is 1. The van der Waals surface area contributed by atoms with Gasteiger partial charge >= 0.3 is 0 Å². The second kappa shape index (κ2) is 8.34. The van der Waals surface area contributed by atoms with E-state index in [2.05, 4.69) is 4.72 Å². The number of carbonyl (C=O) groups excluding carboxylic acids is 1. The fraction of sp³-hybridized carbons (Fsp3) is 0.458. The van der Waals surface area contributed by atoms with Crippen LogP contribution in [0.25, 0.3) is 11.1 Å². The van der Waals surface area contributed by atoms with Gasteiger partial charge in [-0.05, 0) is 54.9 Å². The van der Waals surface area contributed by atoms with E-state index in [0.29, 0.717) is 12.5 Å². The van der Waals surface area contributed by atoms with Crippen LogP contribution in [0.5, 0.6) is 0 Å². The molecular weight excluding hydrogens is 472 g/mol. The van der Waals surface area contributed by atoms with Crippen molar-refractivity contribution in [1.82, 2.24) is 9.62 Å². The summed E-state index contributed by atoms with van der Waals surface area (Å²) in [6.07, 6.45) is 0.930. The minimum absolute atomic E-state index is 0.00354. The minimum Gasteiger partial charge on any atom is -0.334 e. The van der Waals surface area contributed by atoms with Crippen LogP contribution in [0.1, 0.15) is 24.8 Å². The average molecular weight is 497 g/mol. The van der Waals surface area contributed by atoms with E-state index in [-0.39, 0.29) is 53.8 Å². The highest BCUT2D eigenvalue weighted by Gasteiger charge is 2.61. The van der Waals surface area contributed by atoms with Crippen LogP contribution in [0, 0.1) is 29.3 Å². The topological polar surface area (TPSA) is 66.5 Å². The van der Waals surface area contributed by atoms with Gasteiger partial charge in [0.25, 0.3) is 0 Å². The monoisotopic (exact) mass is 496 g/mol. The number of amides is 1. The summed E-state index contributed by atoms with van der Waals surface area (Å²) in [6.45, 7) is 0. The molecule has 0 unspecified atom stereocenters. The van der Waals surface area contributed by atoms with Crippen molar-refractivity contribution in [3.05, 3.63) is 59.4 Å². The number of likely N-dealkylation sites (tertiary alicyclic amines) is 1. The lowest BCUT2D eigenvalue weighted by Crippen LogP contribution is -2.53. The molecule has 0 aromatic heterocycles. The fourth-order valence-electron chi connectivity index (χ4n) is 5.43. The molecule has 0 bridgehead atoms.